The minimum atomic E-state index is -0.902. The lowest BCUT2D eigenvalue weighted by molar-refractivity contribution is -0.139. The highest BCUT2D eigenvalue weighted by Gasteiger charge is 2.13. The van der Waals surface area contributed by atoms with Crippen molar-refractivity contribution in [1.29, 1.82) is 0 Å². The third-order valence-electron chi connectivity index (χ3n) is 3.57. The lowest BCUT2D eigenvalue weighted by Crippen LogP contribution is -2.37. The van der Waals surface area contributed by atoms with Crippen LogP contribution < -0.4 is 20.2 Å². The predicted octanol–water partition coefficient (Wildman–Crippen LogP) is 3.33. The number of hydrogen-bond acceptors (Lipinski definition) is 5. The molecule has 0 aliphatic heterocycles. The highest BCUT2D eigenvalue weighted by Crippen LogP contribution is 2.37. The molecular formula is C20H19Cl2N3O4. The molecule has 0 spiro atoms. The maximum atomic E-state index is 11.6. The Morgan fingerprint density at radius 1 is 1.17 bits per heavy atom. The van der Waals surface area contributed by atoms with Crippen LogP contribution in [0, 0.1) is 0 Å². The van der Waals surface area contributed by atoms with Crippen LogP contribution in [-0.4, -0.2) is 31.7 Å². The van der Waals surface area contributed by atoms with Gasteiger partial charge in [0, 0.05) is 17.1 Å². The van der Waals surface area contributed by atoms with Gasteiger partial charge in [-0.3, -0.25) is 9.59 Å². The number of methoxy groups -OCH3 is 1. The van der Waals surface area contributed by atoms with Gasteiger partial charge in [-0.15, -0.1) is 6.58 Å². The topological polar surface area (TPSA) is 89.0 Å². The van der Waals surface area contributed by atoms with Crippen molar-refractivity contribution in [3.8, 4) is 11.5 Å². The Morgan fingerprint density at radius 2 is 1.93 bits per heavy atom. The zero-order chi connectivity index (χ0) is 21.2. The van der Waals surface area contributed by atoms with E-state index in [0.717, 1.165) is 5.56 Å². The number of nitrogens with one attached hydrogen (secondary N) is 2. The monoisotopic (exact) mass is 435 g/mol. The maximum absolute atomic E-state index is 11.6. The van der Waals surface area contributed by atoms with E-state index in [9.17, 15) is 9.59 Å². The minimum absolute atomic E-state index is 0.179. The highest BCUT2D eigenvalue weighted by molar-refractivity contribution is 6.35. The van der Waals surface area contributed by atoms with E-state index < -0.39 is 11.8 Å². The summed E-state index contributed by atoms with van der Waals surface area (Å²) in [7, 11) is 1.47. The number of hydrazone groups is 1. The Morgan fingerprint density at radius 3 is 2.62 bits per heavy atom. The highest BCUT2D eigenvalue weighted by atomic mass is 35.5. The van der Waals surface area contributed by atoms with E-state index in [4.69, 9.17) is 32.7 Å². The number of amides is 2. The first-order chi connectivity index (χ1) is 14.0. The van der Waals surface area contributed by atoms with Crippen molar-refractivity contribution < 1.29 is 19.1 Å². The molecule has 2 amide bonds. The van der Waals surface area contributed by atoms with Crippen LogP contribution in [0.5, 0.6) is 11.5 Å². The average Bonchev–Trinajstić information content (AvgIpc) is 2.71. The zero-order valence-corrected chi connectivity index (χ0v) is 17.1. The van der Waals surface area contributed by atoms with Gasteiger partial charge >= 0.3 is 11.8 Å². The van der Waals surface area contributed by atoms with Crippen molar-refractivity contribution in [2.45, 2.75) is 6.61 Å². The van der Waals surface area contributed by atoms with Crippen LogP contribution in [0.15, 0.2) is 54.2 Å². The summed E-state index contributed by atoms with van der Waals surface area (Å²) in [6.45, 7) is 3.83. The Bertz CT molecular complexity index is 932. The van der Waals surface area contributed by atoms with Gasteiger partial charge in [-0.05, 0) is 23.8 Å². The fourth-order valence-corrected chi connectivity index (χ4v) is 2.65. The molecule has 0 radical (unpaired) electrons. The molecule has 0 aromatic heterocycles. The molecular weight excluding hydrogens is 417 g/mol. The van der Waals surface area contributed by atoms with Crippen LogP contribution in [0.3, 0.4) is 0 Å². The zero-order valence-electron chi connectivity index (χ0n) is 15.6. The molecule has 9 heteroatoms. The molecule has 0 aliphatic rings. The molecule has 0 unspecified atom stereocenters. The number of carbonyl (C=O) groups excluding carboxylic acids is 2. The van der Waals surface area contributed by atoms with Crippen LogP contribution in [0.1, 0.15) is 11.1 Å². The van der Waals surface area contributed by atoms with Gasteiger partial charge in [0.25, 0.3) is 0 Å². The molecule has 0 atom stereocenters. The molecule has 2 rings (SSSR count). The van der Waals surface area contributed by atoms with Crippen molar-refractivity contribution in [2.24, 2.45) is 5.10 Å². The number of hydrogen-bond donors (Lipinski definition) is 2. The van der Waals surface area contributed by atoms with Gasteiger partial charge in [0.2, 0.25) is 0 Å². The lowest BCUT2D eigenvalue weighted by atomic mass is 10.2. The van der Waals surface area contributed by atoms with Crippen molar-refractivity contribution in [2.75, 3.05) is 13.7 Å². The SMILES string of the molecule is C=CCNC(=O)C(=O)N/N=C\c1cc(Cl)c(OCc2ccccc2Cl)c(OC)c1. The van der Waals surface area contributed by atoms with Crippen molar-refractivity contribution in [3.05, 3.63) is 70.2 Å². The Hall–Kier alpha value is -3.03. The molecule has 2 aromatic rings. The second-order valence-electron chi connectivity index (χ2n) is 5.61. The second kappa shape index (κ2) is 11.1. The van der Waals surface area contributed by atoms with Gasteiger partial charge in [-0.25, -0.2) is 5.43 Å². The maximum Gasteiger partial charge on any atom is 0.329 e. The molecule has 2 aromatic carbocycles. The van der Waals surface area contributed by atoms with Crippen LogP contribution in [0.2, 0.25) is 10.0 Å². The first-order valence-electron chi connectivity index (χ1n) is 8.42. The van der Waals surface area contributed by atoms with Gasteiger partial charge in [0.15, 0.2) is 11.5 Å². The number of halogens is 2. The minimum Gasteiger partial charge on any atom is -0.493 e. The quantitative estimate of drug-likeness (QED) is 0.288. The van der Waals surface area contributed by atoms with E-state index >= 15 is 0 Å². The van der Waals surface area contributed by atoms with E-state index in [-0.39, 0.29) is 18.2 Å². The molecule has 152 valence electrons. The summed E-state index contributed by atoms with van der Waals surface area (Å²) in [5.41, 5.74) is 3.45. The van der Waals surface area contributed by atoms with Crippen molar-refractivity contribution in [3.63, 3.8) is 0 Å². The molecule has 2 N–H and O–H groups in total. The fourth-order valence-electron chi connectivity index (χ4n) is 2.18. The summed E-state index contributed by atoms with van der Waals surface area (Å²) in [6.07, 6.45) is 2.78. The molecule has 0 saturated heterocycles. The fraction of sp³-hybridized carbons (Fsp3) is 0.150. The van der Waals surface area contributed by atoms with Gasteiger partial charge in [0.1, 0.15) is 6.61 Å². The number of nitrogens with zero attached hydrogens (tertiary/aromatic N) is 1. The third kappa shape index (κ3) is 6.51. The number of rotatable bonds is 8. The molecule has 29 heavy (non-hydrogen) atoms. The van der Waals surface area contributed by atoms with E-state index in [1.165, 1.54) is 19.4 Å². The molecule has 0 fully saturated rings. The first-order valence-corrected chi connectivity index (χ1v) is 9.17. The third-order valence-corrected chi connectivity index (χ3v) is 4.22. The number of benzene rings is 2. The normalized spacial score (nSPS) is 10.4. The summed E-state index contributed by atoms with van der Waals surface area (Å²) in [4.78, 5) is 23.0. The van der Waals surface area contributed by atoms with Gasteiger partial charge in [0.05, 0.1) is 18.3 Å². The first kappa shape index (κ1) is 22.3. The Kier molecular flexibility index (Phi) is 8.51. The van der Waals surface area contributed by atoms with Crippen LogP contribution in [0.4, 0.5) is 0 Å². The van der Waals surface area contributed by atoms with E-state index in [0.29, 0.717) is 22.1 Å². The number of ether oxygens (including phenoxy) is 2. The Labute approximate surface area is 178 Å². The second-order valence-corrected chi connectivity index (χ2v) is 6.43. The van der Waals surface area contributed by atoms with Crippen molar-refractivity contribution >= 4 is 41.2 Å². The van der Waals surface area contributed by atoms with E-state index in [2.05, 4.69) is 22.4 Å². The molecule has 7 nitrogen and oxygen atoms in total. The van der Waals surface area contributed by atoms with Crippen LogP contribution >= 0.6 is 23.2 Å². The van der Waals surface area contributed by atoms with Gasteiger partial charge < -0.3 is 14.8 Å². The predicted molar refractivity (Wildman–Crippen MR) is 113 cm³/mol. The molecule has 0 aliphatic carbocycles. The smallest absolute Gasteiger partial charge is 0.329 e. The van der Waals surface area contributed by atoms with Crippen molar-refractivity contribution in [1.82, 2.24) is 10.7 Å². The summed E-state index contributed by atoms with van der Waals surface area (Å²) in [5.74, 6) is -0.998. The summed E-state index contributed by atoms with van der Waals surface area (Å²) in [5, 5.41) is 6.94. The lowest BCUT2D eigenvalue weighted by Gasteiger charge is -2.14. The van der Waals surface area contributed by atoms with Crippen LogP contribution in [0.25, 0.3) is 0 Å². The van der Waals surface area contributed by atoms with Crippen LogP contribution in [-0.2, 0) is 16.2 Å². The summed E-state index contributed by atoms with van der Waals surface area (Å²) < 4.78 is 11.1. The van der Waals surface area contributed by atoms with E-state index in [1.54, 1.807) is 18.2 Å². The molecule has 0 saturated carbocycles. The van der Waals surface area contributed by atoms with Gasteiger partial charge in [-0.2, -0.15) is 5.10 Å². The average molecular weight is 436 g/mol. The summed E-state index contributed by atoms with van der Waals surface area (Å²) in [6, 6.07) is 10.5. The molecule has 0 bridgehead atoms. The number of carbonyl (C=O) groups is 2. The molecule has 0 heterocycles. The van der Waals surface area contributed by atoms with E-state index in [1.807, 2.05) is 18.2 Å². The largest absolute Gasteiger partial charge is 0.493 e. The summed E-state index contributed by atoms with van der Waals surface area (Å²) >= 11 is 12.4. The van der Waals surface area contributed by atoms with Gasteiger partial charge in [-0.1, -0.05) is 47.5 Å². The standard InChI is InChI=1S/C20H19Cl2N3O4/c1-3-8-23-19(26)20(27)25-24-11-13-9-16(22)18(17(10-13)28-2)29-12-14-6-4-5-7-15(14)21/h3-7,9-11H,1,8,12H2,2H3,(H,23,26)(H,25,27)/b24-11-. The Balaban J connectivity index is 2.07.